The van der Waals surface area contributed by atoms with Crippen LogP contribution in [0.1, 0.15) is 31.9 Å². The third kappa shape index (κ3) is 7.99. The molecule has 0 radical (unpaired) electrons. The first-order valence-corrected chi connectivity index (χ1v) is 15.6. The number of hydrogen-bond donors (Lipinski definition) is 1. The number of methoxy groups -OCH3 is 1. The lowest BCUT2D eigenvalue weighted by Crippen LogP contribution is -2.60. The molecule has 0 bridgehead atoms. The molecule has 0 aromatic heterocycles. The van der Waals surface area contributed by atoms with Crippen molar-refractivity contribution in [3.63, 3.8) is 0 Å². The van der Waals surface area contributed by atoms with Crippen molar-refractivity contribution in [2.24, 2.45) is 0 Å². The molecule has 1 amide bonds. The molecule has 2 aromatic carbocycles. The number of nitrogens with one attached hydrogen (secondary N) is 1. The van der Waals surface area contributed by atoms with Gasteiger partial charge >= 0.3 is 6.09 Å². The van der Waals surface area contributed by atoms with Gasteiger partial charge in [0.05, 0.1) is 13.2 Å². The molecule has 2 aromatic rings. The Bertz CT molecular complexity index is 1010. The third-order valence-electron chi connectivity index (χ3n) is 7.10. The summed E-state index contributed by atoms with van der Waals surface area (Å²) in [5.74, 6) is 0. The quantitative estimate of drug-likeness (QED) is 0.310. The van der Waals surface area contributed by atoms with Crippen molar-refractivity contribution in [1.82, 2.24) is 5.32 Å². The largest absolute Gasteiger partial charge is 0.445 e. The molecule has 1 heterocycles. The van der Waals surface area contributed by atoms with Gasteiger partial charge in [-0.05, 0) is 34.8 Å². The predicted octanol–water partition coefficient (Wildman–Crippen LogP) is 5.82. The Morgan fingerprint density at radius 3 is 2.11 bits per heavy atom. The molecule has 1 N–H and O–H groups in total. The first kappa shape index (κ1) is 29.1. The topological polar surface area (TPSA) is 75.2 Å². The zero-order chi connectivity index (χ0) is 27.1. The third-order valence-corrected chi connectivity index (χ3v) is 11.6. The normalized spacial score (nSPS) is 22.5. The summed E-state index contributed by atoms with van der Waals surface area (Å²) in [6.07, 6.45) is -2.38. The van der Waals surface area contributed by atoms with Crippen molar-refractivity contribution in [2.45, 2.75) is 76.7 Å². The molecule has 1 aliphatic rings. The second kappa shape index (κ2) is 12.8. The van der Waals surface area contributed by atoms with Crippen LogP contribution in [0, 0.1) is 0 Å². The maximum absolute atomic E-state index is 12.8. The van der Waals surface area contributed by atoms with Crippen LogP contribution in [0.3, 0.4) is 0 Å². The minimum atomic E-state index is -2.02. The van der Waals surface area contributed by atoms with Gasteiger partial charge in [-0.2, -0.15) is 0 Å². The van der Waals surface area contributed by atoms with Gasteiger partial charge in [0, 0.05) is 7.11 Å². The van der Waals surface area contributed by atoms with Gasteiger partial charge < -0.3 is 28.7 Å². The van der Waals surface area contributed by atoms with Crippen LogP contribution in [0.2, 0.25) is 18.1 Å². The van der Waals surface area contributed by atoms with E-state index in [1.165, 1.54) is 0 Å². The molecule has 8 heteroatoms. The molecule has 1 fully saturated rings. The highest BCUT2D eigenvalue weighted by Crippen LogP contribution is 2.37. The molecule has 0 saturated carbocycles. The maximum Gasteiger partial charge on any atom is 0.407 e. The van der Waals surface area contributed by atoms with Crippen LogP contribution < -0.4 is 5.32 Å². The average molecular weight is 528 g/mol. The van der Waals surface area contributed by atoms with Crippen molar-refractivity contribution in [3.8, 4) is 0 Å². The van der Waals surface area contributed by atoms with E-state index in [9.17, 15) is 4.79 Å². The van der Waals surface area contributed by atoms with Crippen LogP contribution in [0.4, 0.5) is 4.79 Å². The van der Waals surface area contributed by atoms with Crippen molar-refractivity contribution in [2.75, 3.05) is 13.7 Å². The maximum atomic E-state index is 12.8. The monoisotopic (exact) mass is 527 g/mol. The van der Waals surface area contributed by atoms with Crippen molar-refractivity contribution in [1.29, 1.82) is 0 Å². The number of ether oxygens (including phenoxy) is 4. The number of alkyl carbamates (subject to hydrolysis) is 1. The number of benzene rings is 2. The fourth-order valence-electron chi connectivity index (χ4n) is 3.76. The van der Waals surface area contributed by atoms with Crippen molar-refractivity contribution >= 4 is 14.4 Å². The van der Waals surface area contributed by atoms with E-state index in [4.69, 9.17) is 23.4 Å². The molecule has 7 nitrogen and oxygen atoms in total. The van der Waals surface area contributed by atoms with E-state index >= 15 is 0 Å². The Hall–Kier alpha value is -2.49. The lowest BCUT2D eigenvalue weighted by atomic mass is 9.95. The smallest absolute Gasteiger partial charge is 0.407 e. The van der Waals surface area contributed by atoms with Gasteiger partial charge in [-0.1, -0.05) is 88.0 Å². The molecular formula is C29H41NO6Si. The van der Waals surface area contributed by atoms with Gasteiger partial charge in [0.1, 0.15) is 24.9 Å². The summed E-state index contributed by atoms with van der Waals surface area (Å²) in [6, 6.07) is 18.7. The Balaban J connectivity index is 1.75. The van der Waals surface area contributed by atoms with Crippen molar-refractivity contribution in [3.05, 3.63) is 83.9 Å². The highest BCUT2D eigenvalue weighted by atomic mass is 28.4. The summed E-state index contributed by atoms with van der Waals surface area (Å²) in [5, 5.41) is 2.95. The van der Waals surface area contributed by atoms with Crippen LogP contribution in [-0.2, 0) is 36.6 Å². The number of hydrogen-bond acceptors (Lipinski definition) is 6. The second-order valence-corrected chi connectivity index (χ2v) is 15.6. The molecule has 1 saturated heterocycles. The molecule has 202 valence electrons. The van der Waals surface area contributed by atoms with E-state index < -0.39 is 39.0 Å². The standard InChI is InChI=1S/C29H41NO6Si/c1-21-24(20-35-37(6,7)29(2,3)4)36-27(32-5)25(26(21)33-18-22-14-10-8-11-15-22)30-28(31)34-19-23-16-12-9-13-17-23/h8-17,24-27H,1,18-20H2,2-7H3,(H,30,31)/t24-,25-,26+,27+/m1/s1. The molecule has 4 atom stereocenters. The fraction of sp³-hybridized carbons (Fsp3) is 0.483. The SMILES string of the molecule is C=C1[C@@H](CO[Si](C)(C)C(C)(C)C)O[C@H](OC)[C@H](NC(=O)OCc2ccccc2)[C@H]1OCc1ccccc1. The van der Waals surface area contributed by atoms with E-state index in [0.29, 0.717) is 18.8 Å². The fourth-order valence-corrected chi connectivity index (χ4v) is 4.76. The number of carbonyl (C=O) groups is 1. The zero-order valence-corrected chi connectivity index (χ0v) is 23.9. The van der Waals surface area contributed by atoms with E-state index in [1.54, 1.807) is 7.11 Å². The number of carbonyl (C=O) groups excluding carboxylic acids is 1. The Morgan fingerprint density at radius 1 is 1.00 bits per heavy atom. The van der Waals surface area contributed by atoms with E-state index in [1.807, 2.05) is 60.7 Å². The highest BCUT2D eigenvalue weighted by molar-refractivity contribution is 6.74. The van der Waals surface area contributed by atoms with E-state index in [2.05, 4.69) is 45.8 Å². The van der Waals surface area contributed by atoms with Crippen LogP contribution in [0.15, 0.2) is 72.8 Å². The van der Waals surface area contributed by atoms with Gasteiger partial charge in [-0.15, -0.1) is 0 Å². The summed E-state index contributed by atoms with van der Waals surface area (Å²) in [5.41, 5.74) is 2.59. The molecule has 0 aliphatic carbocycles. The van der Waals surface area contributed by atoms with E-state index in [0.717, 1.165) is 11.1 Å². The number of amides is 1. The molecule has 1 aliphatic heterocycles. The van der Waals surface area contributed by atoms with Gasteiger partial charge in [0.15, 0.2) is 14.6 Å². The lowest BCUT2D eigenvalue weighted by molar-refractivity contribution is -0.210. The summed E-state index contributed by atoms with van der Waals surface area (Å²) in [6.45, 7) is 16.1. The number of rotatable bonds is 10. The molecule has 0 unspecified atom stereocenters. The van der Waals surface area contributed by atoms with Gasteiger partial charge in [0.2, 0.25) is 0 Å². The van der Waals surface area contributed by atoms with Crippen molar-refractivity contribution < 1.29 is 28.2 Å². The summed E-state index contributed by atoms with van der Waals surface area (Å²) < 4.78 is 30.2. The molecule has 37 heavy (non-hydrogen) atoms. The Labute approximate surface area is 222 Å². The van der Waals surface area contributed by atoms with Crippen LogP contribution in [-0.4, -0.2) is 52.7 Å². The molecule has 0 spiro atoms. The lowest BCUT2D eigenvalue weighted by Gasteiger charge is -2.44. The van der Waals surface area contributed by atoms with Gasteiger partial charge in [-0.25, -0.2) is 4.79 Å². The first-order chi connectivity index (χ1) is 17.5. The summed E-state index contributed by atoms with van der Waals surface area (Å²) in [7, 11) is -0.478. The highest BCUT2D eigenvalue weighted by Gasteiger charge is 2.45. The second-order valence-electron chi connectivity index (χ2n) is 10.8. The van der Waals surface area contributed by atoms with E-state index in [-0.39, 0.29) is 11.6 Å². The Morgan fingerprint density at radius 2 is 1.57 bits per heavy atom. The summed E-state index contributed by atoms with van der Waals surface area (Å²) in [4.78, 5) is 12.8. The first-order valence-electron chi connectivity index (χ1n) is 12.7. The summed E-state index contributed by atoms with van der Waals surface area (Å²) >= 11 is 0. The molecule has 3 rings (SSSR count). The molecular weight excluding hydrogens is 486 g/mol. The minimum Gasteiger partial charge on any atom is -0.445 e. The Kier molecular flexibility index (Phi) is 10.1. The van der Waals surface area contributed by atoms with Gasteiger partial charge in [-0.3, -0.25) is 0 Å². The van der Waals surface area contributed by atoms with Gasteiger partial charge in [0.25, 0.3) is 0 Å². The predicted molar refractivity (Wildman–Crippen MR) is 147 cm³/mol. The minimum absolute atomic E-state index is 0.0550. The zero-order valence-electron chi connectivity index (χ0n) is 22.9. The van der Waals surface area contributed by atoms with Crippen LogP contribution in [0.5, 0.6) is 0 Å². The average Bonchev–Trinajstić information content (AvgIpc) is 2.87. The van der Waals surface area contributed by atoms with Crippen LogP contribution in [0.25, 0.3) is 0 Å². The van der Waals surface area contributed by atoms with Crippen LogP contribution >= 0.6 is 0 Å².